The highest BCUT2D eigenvalue weighted by Crippen LogP contribution is 2.33. The Kier molecular flexibility index (Phi) is 5.02. The number of amides is 1. The molecule has 136 valence electrons. The minimum atomic E-state index is 0.108. The Hall–Kier alpha value is -2.21. The second-order valence-corrected chi connectivity index (χ2v) is 7.96. The third kappa shape index (κ3) is 3.51. The largest absolute Gasteiger partial charge is 0.347 e. The number of hydrogen-bond acceptors (Lipinski definition) is 4. The molecule has 0 saturated heterocycles. The van der Waals surface area contributed by atoms with Gasteiger partial charge >= 0.3 is 0 Å². The molecule has 1 aliphatic rings. The molecule has 1 N–H and O–H groups in total. The Morgan fingerprint density at radius 1 is 1.31 bits per heavy atom. The Bertz CT molecular complexity index is 880. The first-order valence-corrected chi connectivity index (χ1v) is 10.3. The molecule has 1 aromatic carbocycles. The van der Waals surface area contributed by atoms with E-state index in [0.717, 1.165) is 53.3 Å². The van der Waals surface area contributed by atoms with Gasteiger partial charge in [0.1, 0.15) is 5.82 Å². The van der Waals surface area contributed by atoms with E-state index in [4.69, 9.17) is 4.98 Å². The molecule has 2 aromatic heterocycles. The van der Waals surface area contributed by atoms with E-state index in [1.54, 1.807) is 23.7 Å². The summed E-state index contributed by atoms with van der Waals surface area (Å²) < 4.78 is 1.14. The average molecular weight is 369 g/mol. The van der Waals surface area contributed by atoms with Crippen LogP contribution in [0.3, 0.4) is 0 Å². The summed E-state index contributed by atoms with van der Waals surface area (Å²) in [7, 11) is 0. The third-order valence-corrected chi connectivity index (χ3v) is 6.21. The van der Waals surface area contributed by atoms with Crippen LogP contribution in [0.4, 0.5) is 5.13 Å². The van der Waals surface area contributed by atoms with Crippen LogP contribution in [0.25, 0.3) is 10.2 Å². The van der Waals surface area contributed by atoms with Crippen molar-refractivity contribution in [1.82, 2.24) is 15.0 Å². The van der Waals surface area contributed by atoms with Crippen molar-refractivity contribution in [2.75, 3.05) is 4.90 Å². The monoisotopic (exact) mass is 368 g/mol. The van der Waals surface area contributed by atoms with Gasteiger partial charge in [-0.1, -0.05) is 43.6 Å². The lowest BCUT2D eigenvalue weighted by molar-refractivity contribution is -0.123. The first-order valence-electron chi connectivity index (χ1n) is 9.43. The number of carbonyl (C=O) groups is 1. The zero-order valence-corrected chi connectivity index (χ0v) is 15.9. The summed E-state index contributed by atoms with van der Waals surface area (Å²) in [6, 6.07) is 6.36. The molecule has 0 spiro atoms. The number of anilines is 1. The highest BCUT2D eigenvalue weighted by Gasteiger charge is 2.29. The maximum atomic E-state index is 13.3. The van der Waals surface area contributed by atoms with E-state index in [2.05, 4.69) is 35.1 Å². The number of nitrogens with zero attached hydrogens (tertiary/aromatic N) is 3. The van der Waals surface area contributed by atoms with Gasteiger partial charge in [0, 0.05) is 18.3 Å². The van der Waals surface area contributed by atoms with E-state index in [1.165, 1.54) is 12.0 Å². The number of aromatic nitrogens is 3. The molecule has 0 bridgehead atoms. The number of hydrogen-bond donors (Lipinski definition) is 1. The highest BCUT2D eigenvalue weighted by molar-refractivity contribution is 7.22. The van der Waals surface area contributed by atoms with Crippen molar-refractivity contribution >= 4 is 32.6 Å². The smallest absolute Gasteiger partial charge is 0.232 e. The van der Waals surface area contributed by atoms with Gasteiger partial charge in [-0.25, -0.2) is 9.97 Å². The second-order valence-electron chi connectivity index (χ2n) is 6.95. The van der Waals surface area contributed by atoms with Gasteiger partial charge in [0.05, 0.1) is 16.8 Å². The molecule has 1 amide bonds. The van der Waals surface area contributed by atoms with Crippen LogP contribution in [-0.4, -0.2) is 20.9 Å². The lowest BCUT2D eigenvalue weighted by atomic mass is 9.88. The molecule has 4 rings (SSSR count). The second kappa shape index (κ2) is 7.58. The van der Waals surface area contributed by atoms with Crippen LogP contribution in [0.2, 0.25) is 0 Å². The Labute approximate surface area is 157 Å². The minimum absolute atomic E-state index is 0.108. The number of rotatable bonds is 5. The van der Waals surface area contributed by atoms with E-state index >= 15 is 0 Å². The summed E-state index contributed by atoms with van der Waals surface area (Å²) in [6.45, 7) is 2.60. The number of aryl methyl sites for hydroxylation is 1. The number of H-pyrrole nitrogens is 1. The van der Waals surface area contributed by atoms with Crippen molar-refractivity contribution in [2.24, 2.45) is 5.92 Å². The lowest BCUT2D eigenvalue weighted by Gasteiger charge is -2.27. The molecule has 6 heteroatoms. The van der Waals surface area contributed by atoms with Gasteiger partial charge in [-0.05, 0) is 37.0 Å². The normalized spacial score (nSPS) is 15.4. The zero-order chi connectivity index (χ0) is 17.9. The molecule has 26 heavy (non-hydrogen) atoms. The van der Waals surface area contributed by atoms with E-state index in [9.17, 15) is 4.79 Å². The zero-order valence-electron chi connectivity index (χ0n) is 15.1. The SMILES string of the molecule is CCc1ccc2nc(N(Cc3ncc[nH]3)C(=O)C3CCCCC3)sc2c1. The van der Waals surface area contributed by atoms with Crippen LogP contribution in [0, 0.1) is 5.92 Å². The van der Waals surface area contributed by atoms with Crippen LogP contribution in [0.1, 0.15) is 50.4 Å². The maximum absolute atomic E-state index is 13.3. The van der Waals surface area contributed by atoms with Gasteiger partial charge < -0.3 is 4.98 Å². The summed E-state index contributed by atoms with van der Waals surface area (Å²) in [6.07, 6.45) is 10.0. The Morgan fingerprint density at radius 2 is 2.15 bits per heavy atom. The fourth-order valence-electron chi connectivity index (χ4n) is 3.64. The van der Waals surface area contributed by atoms with Crippen molar-refractivity contribution in [1.29, 1.82) is 0 Å². The molecular weight excluding hydrogens is 344 g/mol. The lowest BCUT2D eigenvalue weighted by Crippen LogP contribution is -2.37. The first-order chi connectivity index (χ1) is 12.7. The topological polar surface area (TPSA) is 61.9 Å². The van der Waals surface area contributed by atoms with Crippen molar-refractivity contribution in [3.63, 3.8) is 0 Å². The van der Waals surface area contributed by atoms with Gasteiger partial charge in [0.2, 0.25) is 5.91 Å². The molecular formula is C20H24N4OS. The van der Waals surface area contributed by atoms with Crippen molar-refractivity contribution in [3.8, 4) is 0 Å². The van der Waals surface area contributed by atoms with Crippen LogP contribution >= 0.6 is 11.3 Å². The Morgan fingerprint density at radius 3 is 2.88 bits per heavy atom. The minimum Gasteiger partial charge on any atom is -0.347 e. The average Bonchev–Trinajstić information content (AvgIpc) is 3.34. The van der Waals surface area contributed by atoms with Crippen LogP contribution < -0.4 is 4.90 Å². The molecule has 1 fully saturated rings. The fourth-order valence-corrected chi connectivity index (χ4v) is 4.67. The first kappa shape index (κ1) is 17.2. The van der Waals surface area contributed by atoms with Gasteiger partial charge in [-0.15, -0.1) is 0 Å². The van der Waals surface area contributed by atoms with Crippen LogP contribution in [0.15, 0.2) is 30.6 Å². The predicted molar refractivity (Wildman–Crippen MR) is 105 cm³/mol. The summed E-state index contributed by atoms with van der Waals surface area (Å²) in [5.74, 6) is 1.09. The molecule has 0 unspecified atom stereocenters. The third-order valence-electron chi connectivity index (χ3n) is 5.16. The van der Waals surface area contributed by atoms with Gasteiger partial charge in [-0.3, -0.25) is 9.69 Å². The number of nitrogens with one attached hydrogen (secondary N) is 1. The quantitative estimate of drug-likeness (QED) is 0.710. The van der Waals surface area contributed by atoms with Gasteiger partial charge in [-0.2, -0.15) is 0 Å². The summed E-state index contributed by atoms with van der Waals surface area (Å²) in [5.41, 5.74) is 2.26. The molecule has 0 atom stereocenters. The summed E-state index contributed by atoms with van der Waals surface area (Å²) in [4.78, 5) is 27.3. The van der Waals surface area contributed by atoms with Gasteiger partial charge in [0.25, 0.3) is 0 Å². The predicted octanol–water partition coefficient (Wildman–Crippen LogP) is 4.70. The highest BCUT2D eigenvalue weighted by atomic mass is 32.1. The molecule has 0 radical (unpaired) electrons. The molecule has 5 nitrogen and oxygen atoms in total. The molecule has 1 aliphatic carbocycles. The number of carbonyl (C=O) groups excluding carboxylic acids is 1. The van der Waals surface area contributed by atoms with Gasteiger partial charge in [0.15, 0.2) is 5.13 Å². The van der Waals surface area contributed by atoms with Crippen molar-refractivity contribution in [2.45, 2.75) is 52.0 Å². The van der Waals surface area contributed by atoms with E-state index in [1.807, 2.05) is 4.90 Å². The molecule has 3 aromatic rings. The maximum Gasteiger partial charge on any atom is 0.232 e. The number of imidazole rings is 1. The number of benzene rings is 1. The number of thiazole rings is 1. The van der Waals surface area contributed by atoms with E-state index < -0.39 is 0 Å². The number of fused-ring (bicyclic) bond motifs is 1. The van der Waals surface area contributed by atoms with Crippen LogP contribution in [0.5, 0.6) is 0 Å². The Balaban J connectivity index is 1.68. The standard InChI is InChI=1S/C20H24N4OS/c1-2-14-8-9-16-17(12-14)26-20(23-16)24(13-18-21-10-11-22-18)19(25)15-6-4-3-5-7-15/h8-12,15H,2-7,13H2,1H3,(H,21,22). The van der Waals surface area contributed by atoms with E-state index in [-0.39, 0.29) is 11.8 Å². The fraction of sp³-hybridized carbons (Fsp3) is 0.450. The van der Waals surface area contributed by atoms with E-state index in [0.29, 0.717) is 6.54 Å². The molecule has 1 saturated carbocycles. The molecule has 0 aliphatic heterocycles. The van der Waals surface area contributed by atoms with Crippen LogP contribution in [-0.2, 0) is 17.8 Å². The molecule has 2 heterocycles. The number of aromatic amines is 1. The summed E-state index contributed by atoms with van der Waals surface area (Å²) >= 11 is 1.60. The van der Waals surface area contributed by atoms with Crippen molar-refractivity contribution < 1.29 is 4.79 Å². The van der Waals surface area contributed by atoms with Crippen molar-refractivity contribution in [3.05, 3.63) is 42.0 Å². The summed E-state index contributed by atoms with van der Waals surface area (Å²) in [5, 5.41) is 0.778.